The first kappa shape index (κ1) is 19.0. The highest BCUT2D eigenvalue weighted by Crippen LogP contribution is 2.17. The van der Waals surface area contributed by atoms with Crippen molar-refractivity contribution in [2.75, 3.05) is 12.4 Å². The molecule has 0 aliphatic rings. The van der Waals surface area contributed by atoms with E-state index in [0.717, 1.165) is 0 Å². The normalized spacial score (nSPS) is 12.6. The van der Waals surface area contributed by atoms with Gasteiger partial charge in [0.25, 0.3) is 0 Å². The molecule has 2 aromatic rings. The van der Waals surface area contributed by atoms with Crippen molar-refractivity contribution in [1.82, 2.24) is 4.72 Å². The van der Waals surface area contributed by atoms with Gasteiger partial charge in [-0.2, -0.15) is 4.72 Å². The topological polar surface area (TPSA) is 84.5 Å². The zero-order chi connectivity index (χ0) is 18.4. The van der Waals surface area contributed by atoms with E-state index in [1.54, 1.807) is 50.2 Å². The highest BCUT2D eigenvalue weighted by molar-refractivity contribution is 7.89. The summed E-state index contributed by atoms with van der Waals surface area (Å²) in [5.74, 6) is -0.0730. The Morgan fingerprint density at radius 2 is 1.60 bits per heavy atom. The summed E-state index contributed by atoms with van der Waals surface area (Å²) in [5.41, 5.74) is 0.613. The standard InChI is InChI=1S/C18H22N2O4S/c1-13(2)17(18(21)19-14-7-5-4-6-8-14)20-25(22,23)16-11-9-15(24-3)10-12-16/h4-13,17,20H,1-3H3,(H,19,21). The number of carbonyl (C=O) groups is 1. The Kier molecular flexibility index (Phi) is 6.17. The first-order chi connectivity index (χ1) is 11.8. The summed E-state index contributed by atoms with van der Waals surface area (Å²) in [6.07, 6.45) is 0. The van der Waals surface area contributed by atoms with Crippen molar-refractivity contribution in [3.8, 4) is 5.75 Å². The number of ether oxygens (including phenoxy) is 1. The average Bonchev–Trinajstić information content (AvgIpc) is 2.60. The highest BCUT2D eigenvalue weighted by atomic mass is 32.2. The molecule has 25 heavy (non-hydrogen) atoms. The maximum atomic E-state index is 12.6. The second kappa shape index (κ2) is 8.13. The van der Waals surface area contributed by atoms with Crippen molar-refractivity contribution in [2.45, 2.75) is 24.8 Å². The third kappa shape index (κ3) is 5.04. The van der Waals surface area contributed by atoms with Crippen molar-refractivity contribution in [3.63, 3.8) is 0 Å². The highest BCUT2D eigenvalue weighted by Gasteiger charge is 2.28. The molecule has 2 N–H and O–H groups in total. The van der Waals surface area contributed by atoms with Gasteiger partial charge in [0.1, 0.15) is 11.8 Å². The summed E-state index contributed by atoms with van der Waals surface area (Å²) in [4.78, 5) is 12.6. The minimum atomic E-state index is -3.83. The fourth-order valence-corrected chi connectivity index (χ4v) is 3.57. The van der Waals surface area contributed by atoms with Crippen LogP contribution in [0.4, 0.5) is 5.69 Å². The molecule has 0 radical (unpaired) electrons. The Morgan fingerprint density at radius 1 is 1.00 bits per heavy atom. The molecule has 1 unspecified atom stereocenters. The van der Waals surface area contributed by atoms with Gasteiger partial charge in [0.05, 0.1) is 12.0 Å². The molecular weight excluding hydrogens is 340 g/mol. The number of rotatable bonds is 7. The van der Waals surface area contributed by atoms with Gasteiger partial charge in [0.15, 0.2) is 0 Å². The Labute approximate surface area is 148 Å². The van der Waals surface area contributed by atoms with Gasteiger partial charge in [-0.25, -0.2) is 8.42 Å². The molecule has 0 fully saturated rings. The number of hydrogen-bond acceptors (Lipinski definition) is 4. The van der Waals surface area contributed by atoms with Gasteiger partial charge >= 0.3 is 0 Å². The number of hydrogen-bond donors (Lipinski definition) is 2. The minimum Gasteiger partial charge on any atom is -0.497 e. The number of sulfonamides is 1. The van der Waals surface area contributed by atoms with Crippen molar-refractivity contribution in [3.05, 3.63) is 54.6 Å². The molecule has 1 atom stereocenters. The molecule has 0 aliphatic carbocycles. The number of carbonyl (C=O) groups excluding carboxylic acids is 1. The van der Waals surface area contributed by atoms with E-state index in [1.165, 1.54) is 19.2 Å². The van der Waals surface area contributed by atoms with Crippen LogP contribution in [0.2, 0.25) is 0 Å². The van der Waals surface area contributed by atoms with Gasteiger partial charge in [-0.05, 0) is 42.3 Å². The van der Waals surface area contributed by atoms with Crippen LogP contribution in [0.15, 0.2) is 59.5 Å². The fourth-order valence-electron chi connectivity index (χ4n) is 2.22. The lowest BCUT2D eigenvalue weighted by atomic mass is 10.0. The van der Waals surface area contributed by atoms with Crippen molar-refractivity contribution in [1.29, 1.82) is 0 Å². The first-order valence-electron chi connectivity index (χ1n) is 7.86. The zero-order valence-electron chi connectivity index (χ0n) is 14.4. The summed E-state index contributed by atoms with van der Waals surface area (Å²) in [7, 11) is -2.33. The molecule has 1 amide bonds. The summed E-state index contributed by atoms with van der Waals surface area (Å²) >= 11 is 0. The molecule has 0 heterocycles. The predicted molar refractivity (Wildman–Crippen MR) is 97.0 cm³/mol. The lowest BCUT2D eigenvalue weighted by molar-refractivity contribution is -0.118. The zero-order valence-corrected chi connectivity index (χ0v) is 15.2. The molecule has 0 saturated carbocycles. The van der Waals surface area contributed by atoms with Crippen molar-refractivity contribution in [2.24, 2.45) is 5.92 Å². The Hall–Kier alpha value is -2.38. The molecule has 0 aliphatic heterocycles. The maximum Gasteiger partial charge on any atom is 0.242 e. The molecule has 2 rings (SSSR count). The lowest BCUT2D eigenvalue weighted by Crippen LogP contribution is -2.47. The Morgan fingerprint density at radius 3 is 2.12 bits per heavy atom. The lowest BCUT2D eigenvalue weighted by Gasteiger charge is -2.21. The minimum absolute atomic E-state index is 0.0754. The molecule has 7 heteroatoms. The van der Waals surface area contributed by atoms with Crippen molar-refractivity contribution < 1.29 is 17.9 Å². The van der Waals surface area contributed by atoms with Crippen LogP contribution in [-0.2, 0) is 14.8 Å². The van der Waals surface area contributed by atoms with Gasteiger partial charge in [-0.15, -0.1) is 0 Å². The smallest absolute Gasteiger partial charge is 0.242 e. The Balaban J connectivity index is 2.17. The summed E-state index contributed by atoms with van der Waals surface area (Å²) in [6.45, 7) is 3.57. The largest absolute Gasteiger partial charge is 0.497 e. The van der Waals surface area contributed by atoms with Crippen LogP contribution in [0, 0.1) is 5.92 Å². The Bertz CT molecular complexity index is 803. The van der Waals surface area contributed by atoms with Gasteiger partial charge in [0.2, 0.25) is 15.9 Å². The maximum absolute atomic E-state index is 12.6. The summed E-state index contributed by atoms with van der Waals surface area (Å²) in [6, 6.07) is 14.0. The van der Waals surface area contributed by atoms with Gasteiger partial charge in [-0.3, -0.25) is 4.79 Å². The van der Waals surface area contributed by atoms with E-state index in [-0.39, 0.29) is 10.8 Å². The second-order valence-corrected chi connectivity index (χ2v) is 7.59. The van der Waals surface area contributed by atoms with Gasteiger partial charge in [-0.1, -0.05) is 32.0 Å². The van der Waals surface area contributed by atoms with Crippen LogP contribution in [0.3, 0.4) is 0 Å². The molecule has 0 bridgehead atoms. The van der Waals surface area contributed by atoms with E-state index in [4.69, 9.17) is 4.74 Å². The molecule has 0 saturated heterocycles. The van der Waals surface area contributed by atoms with E-state index >= 15 is 0 Å². The number of nitrogens with one attached hydrogen (secondary N) is 2. The molecule has 2 aromatic carbocycles. The van der Waals surface area contributed by atoms with E-state index in [0.29, 0.717) is 11.4 Å². The predicted octanol–water partition coefficient (Wildman–Crippen LogP) is 2.64. The van der Waals surface area contributed by atoms with E-state index < -0.39 is 22.0 Å². The van der Waals surface area contributed by atoms with Gasteiger partial charge in [0, 0.05) is 5.69 Å². The summed E-state index contributed by atoms with van der Waals surface area (Å²) < 4.78 is 32.7. The third-order valence-corrected chi connectivity index (χ3v) is 5.10. The van der Waals surface area contributed by atoms with Crippen LogP contribution < -0.4 is 14.8 Å². The first-order valence-corrected chi connectivity index (χ1v) is 9.34. The van der Waals surface area contributed by atoms with Crippen molar-refractivity contribution >= 4 is 21.6 Å². The van der Waals surface area contributed by atoms with Gasteiger partial charge < -0.3 is 10.1 Å². The van der Waals surface area contributed by atoms with Crippen LogP contribution in [0.1, 0.15) is 13.8 Å². The number of methoxy groups -OCH3 is 1. The molecule has 0 spiro atoms. The molecular formula is C18H22N2O4S. The van der Waals surface area contributed by atoms with E-state index in [9.17, 15) is 13.2 Å². The number of amides is 1. The van der Waals surface area contributed by atoms with E-state index in [2.05, 4.69) is 10.0 Å². The van der Waals surface area contributed by atoms with E-state index in [1.807, 2.05) is 6.07 Å². The van der Waals surface area contributed by atoms with Crippen LogP contribution in [0.25, 0.3) is 0 Å². The quantitative estimate of drug-likeness (QED) is 0.793. The SMILES string of the molecule is COc1ccc(S(=O)(=O)NC(C(=O)Nc2ccccc2)C(C)C)cc1. The average molecular weight is 362 g/mol. The molecule has 134 valence electrons. The second-order valence-electron chi connectivity index (χ2n) is 5.87. The number of anilines is 1. The summed E-state index contributed by atoms with van der Waals surface area (Å²) in [5, 5.41) is 2.73. The number of benzene rings is 2. The number of para-hydroxylation sites is 1. The van der Waals surface area contributed by atoms with Crippen LogP contribution in [0.5, 0.6) is 5.75 Å². The van der Waals surface area contributed by atoms with Crippen LogP contribution in [-0.4, -0.2) is 27.5 Å². The molecule has 6 nitrogen and oxygen atoms in total. The monoisotopic (exact) mass is 362 g/mol. The third-order valence-electron chi connectivity index (χ3n) is 3.64. The molecule has 0 aromatic heterocycles. The fraction of sp³-hybridized carbons (Fsp3) is 0.278. The van der Waals surface area contributed by atoms with Crippen LogP contribution >= 0.6 is 0 Å².